The van der Waals surface area contributed by atoms with Gasteiger partial charge in [-0.1, -0.05) is 0 Å². The normalized spacial score (nSPS) is 27.7. The lowest BCUT2D eigenvalue weighted by molar-refractivity contribution is -0.151. The molecule has 0 saturated carbocycles. The minimum absolute atomic E-state index is 0.0851. The number of rotatable bonds is 4. The van der Waals surface area contributed by atoms with Crippen molar-refractivity contribution in [2.24, 2.45) is 0 Å². The molecule has 0 bridgehead atoms. The molecular formula is C14H16N6O2S2. The summed E-state index contributed by atoms with van der Waals surface area (Å²) >= 11 is 3.22. The molecule has 2 unspecified atom stereocenters. The number of hydrogen-bond acceptors (Lipinski definition) is 7. The summed E-state index contributed by atoms with van der Waals surface area (Å²) in [6.45, 7) is 4.11. The molecule has 2 aliphatic heterocycles. The number of H-pyrrole nitrogens is 1. The van der Waals surface area contributed by atoms with Crippen molar-refractivity contribution in [1.29, 1.82) is 0 Å². The summed E-state index contributed by atoms with van der Waals surface area (Å²) in [4.78, 5) is 26.6. The first-order valence-corrected chi connectivity index (χ1v) is 9.33. The molecule has 2 N–H and O–H groups in total. The fraction of sp³-hybridized carbons (Fsp3) is 0.500. The van der Waals surface area contributed by atoms with E-state index in [0.29, 0.717) is 12.2 Å². The zero-order chi connectivity index (χ0) is 16.9. The van der Waals surface area contributed by atoms with Gasteiger partial charge in [0.15, 0.2) is 5.82 Å². The van der Waals surface area contributed by atoms with Crippen LogP contribution in [0.4, 0.5) is 0 Å². The van der Waals surface area contributed by atoms with Gasteiger partial charge in [-0.3, -0.25) is 9.59 Å². The number of aromatic amines is 1. The van der Waals surface area contributed by atoms with Crippen molar-refractivity contribution in [3.8, 4) is 0 Å². The monoisotopic (exact) mass is 364 g/mol. The number of hydrogen-bond donors (Lipinski definition) is 2. The molecule has 4 heterocycles. The van der Waals surface area contributed by atoms with Crippen molar-refractivity contribution in [2.45, 2.75) is 42.5 Å². The number of carbonyl (C=O) groups is 2. The second kappa shape index (κ2) is 5.55. The molecule has 10 heteroatoms. The van der Waals surface area contributed by atoms with Crippen LogP contribution < -0.4 is 5.32 Å². The largest absolute Gasteiger partial charge is 0.341 e. The van der Waals surface area contributed by atoms with Crippen LogP contribution in [0.5, 0.6) is 0 Å². The molecule has 126 valence electrons. The highest BCUT2D eigenvalue weighted by Gasteiger charge is 2.63. The van der Waals surface area contributed by atoms with Gasteiger partial charge in [-0.05, 0) is 46.7 Å². The molecule has 0 radical (unpaired) electrons. The first-order chi connectivity index (χ1) is 11.5. The lowest BCUT2D eigenvalue weighted by Crippen LogP contribution is -2.68. The zero-order valence-corrected chi connectivity index (χ0v) is 14.7. The first kappa shape index (κ1) is 15.6. The Kier molecular flexibility index (Phi) is 3.61. The Morgan fingerprint density at radius 3 is 3.00 bits per heavy atom. The van der Waals surface area contributed by atoms with Gasteiger partial charge in [0.1, 0.15) is 17.5 Å². The van der Waals surface area contributed by atoms with Crippen LogP contribution in [0.3, 0.4) is 0 Å². The van der Waals surface area contributed by atoms with Crippen LogP contribution in [0.15, 0.2) is 16.8 Å². The van der Waals surface area contributed by atoms with Crippen LogP contribution in [-0.4, -0.2) is 53.5 Å². The molecule has 0 aliphatic carbocycles. The number of thiophene rings is 1. The summed E-state index contributed by atoms with van der Waals surface area (Å²) in [5.41, 5.74) is 0.964. The lowest BCUT2D eigenvalue weighted by atomic mass is 9.95. The summed E-state index contributed by atoms with van der Waals surface area (Å²) in [5, 5.41) is 20.6. The van der Waals surface area contributed by atoms with E-state index < -0.39 is 6.04 Å². The Morgan fingerprint density at radius 1 is 1.50 bits per heavy atom. The van der Waals surface area contributed by atoms with Crippen LogP contribution in [-0.2, 0) is 16.0 Å². The van der Waals surface area contributed by atoms with Gasteiger partial charge in [-0.2, -0.15) is 11.3 Å². The number of thioether (sulfide) groups is 1. The number of nitrogens with zero attached hydrogens (tertiary/aromatic N) is 4. The molecule has 3 atom stereocenters. The van der Waals surface area contributed by atoms with Crippen molar-refractivity contribution in [2.75, 3.05) is 0 Å². The minimum Gasteiger partial charge on any atom is -0.341 e. The van der Waals surface area contributed by atoms with E-state index >= 15 is 0 Å². The Balaban J connectivity index is 1.48. The topological polar surface area (TPSA) is 104 Å². The molecule has 24 heavy (non-hydrogen) atoms. The SMILES string of the molecule is CC1(C)S[C@H]2C(NC(=O)Cc3ccsc3)C(=O)N2C1c1nnn[nH]1. The highest BCUT2D eigenvalue weighted by atomic mass is 32.2. The molecule has 2 aromatic rings. The number of amides is 2. The number of carbonyl (C=O) groups excluding carboxylic acids is 2. The van der Waals surface area contributed by atoms with Gasteiger partial charge in [0.2, 0.25) is 11.8 Å². The van der Waals surface area contributed by atoms with Gasteiger partial charge < -0.3 is 10.2 Å². The molecule has 2 aromatic heterocycles. The maximum absolute atomic E-state index is 12.6. The van der Waals surface area contributed by atoms with E-state index in [9.17, 15) is 9.59 Å². The summed E-state index contributed by atoms with van der Waals surface area (Å²) in [5.74, 6) is 0.360. The second-order valence-electron chi connectivity index (χ2n) is 6.40. The quantitative estimate of drug-likeness (QED) is 0.775. The Bertz CT molecular complexity index is 760. The van der Waals surface area contributed by atoms with Crippen LogP contribution in [0.25, 0.3) is 0 Å². The van der Waals surface area contributed by atoms with Crippen molar-refractivity contribution in [1.82, 2.24) is 30.8 Å². The van der Waals surface area contributed by atoms with E-state index in [-0.39, 0.29) is 28.0 Å². The van der Waals surface area contributed by atoms with E-state index in [1.807, 2.05) is 16.8 Å². The van der Waals surface area contributed by atoms with Crippen LogP contribution in [0.2, 0.25) is 0 Å². The number of nitrogens with one attached hydrogen (secondary N) is 2. The average molecular weight is 364 g/mol. The molecule has 2 amide bonds. The maximum Gasteiger partial charge on any atom is 0.249 e. The minimum atomic E-state index is -0.485. The second-order valence-corrected chi connectivity index (χ2v) is 8.95. The number of tetrazole rings is 1. The van der Waals surface area contributed by atoms with Crippen molar-refractivity contribution in [3.63, 3.8) is 0 Å². The third kappa shape index (κ3) is 2.40. The Morgan fingerprint density at radius 2 is 2.33 bits per heavy atom. The lowest BCUT2D eigenvalue weighted by Gasteiger charge is -2.44. The molecule has 8 nitrogen and oxygen atoms in total. The Labute approximate surface area is 146 Å². The first-order valence-electron chi connectivity index (χ1n) is 7.51. The van der Waals surface area contributed by atoms with Gasteiger partial charge in [0.05, 0.1) is 6.42 Å². The summed E-state index contributed by atoms with van der Waals surface area (Å²) in [6, 6.07) is 1.21. The van der Waals surface area contributed by atoms with Gasteiger partial charge >= 0.3 is 0 Å². The molecule has 4 rings (SSSR count). The van der Waals surface area contributed by atoms with Crippen molar-refractivity contribution >= 4 is 34.9 Å². The van der Waals surface area contributed by atoms with Gasteiger partial charge in [0.25, 0.3) is 0 Å². The number of β-lactam (4-membered cyclic amide) rings is 1. The fourth-order valence-electron chi connectivity index (χ4n) is 3.28. The molecule has 2 saturated heterocycles. The van der Waals surface area contributed by atoms with E-state index in [1.54, 1.807) is 28.0 Å². The zero-order valence-electron chi connectivity index (χ0n) is 13.1. The van der Waals surface area contributed by atoms with E-state index in [0.717, 1.165) is 5.56 Å². The number of aromatic nitrogens is 4. The van der Waals surface area contributed by atoms with E-state index in [4.69, 9.17) is 0 Å². The molecule has 0 aromatic carbocycles. The standard InChI is InChI=1S/C14H16N6O2S2/c1-14(2)10(11-16-18-19-17-11)20-12(22)9(13(20)24-14)15-8(21)5-7-3-4-23-6-7/h3-4,6,9-10,13H,5H2,1-2H3,(H,15,21)(H,16,17,18,19)/t9?,10?,13-/m0/s1. The predicted molar refractivity (Wildman–Crippen MR) is 89.2 cm³/mol. The van der Waals surface area contributed by atoms with Crippen LogP contribution in [0, 0.1) is 0 Å². The molecule has 2 fully saturated rings. The van der Waals surface area contributed by atoms with Crippen molar-refractivity contribution in [3.05, 3.63) is 28.2 Å². The van der Waals surface area contributed by atoms with Crippen molar-refractivity contribution < 1.29 is 9.59 Å². The molecule has 0 spiro atoms. The van der Waals surface area contributed by atoms with Gasteiger partial charge in [0, 0.05) is 4.75 Å². The predicted octanol–water partition coefficient (Wildman–Crippen LogP) is 0.723. The van der Waals surface area contributed by atoms with Crippen LogP contribution >= 0.6 is 23.1 Å². The van der Waals surface area contributed by atoms with E-state index in [2.05, 4.69) is 39.8 Å². The van der Waals surface area contributed by atoms with Gasteiger partial charge in [-0.25, -0.2) is 5.10 Å². The summed E-state index contributed by atoms with van der Waals surface area (Å²) in [7, 11) is 0. The summed E-state index contributed by atoms with van der Waals surface area (Å²) < 4.78 is -0.242. The van der Waals surface area contributed by atoms with E-state index in [1.165, 1.54) is 0 Å². The van der Waals surface area contributed by atoms with Gasteiger partial charge in [-0.15, -0.1) is 16.9 Å². The maximum atomic E-state index is 12.6. The fourth-order valence-corrected chi connectivity index (χ4v) is 5.58. The molecule has 2 aliphatic rings. The third-order valence-electron chi connectivity index (χ3n) is 4.32. The third-order valence-corrected chi connectivity index (χ3v) is 6.63. The Hall–Kier alpha value is -1.94. The summed E-state index contributed by atoms with van der Waals surface area (Å²) in [6.07, 6.45) is 0.295. The highest BCUT2D eigenvalue weighted by molar-refractivity contribution is 8.01. The average Bonchev–Trinajstić information content (AvgIpc) is 3.24. The van der Waals surface area contributed by atoms with Crippen LogP contribution in [0.1, 0.15) is 31.3 Å². The number of fused-ring (bicyclic) bond motifs is 1. The smallest absolute Gasteiger partial charge is 0.249 e. The highest BCUT2D eigenvalue weighted by Crippen LogP contribution is 2.56. The molecular weight excluding hydrogens is 348 g/mol.